The molecule has 1 heteroatoms. The van der Waals surface area contributed by atoms with Gasteiger partial charge in [-0.1, -0.05) is 12.8 Å². The molecule has 10 heterocycles. The van der Waals surface area contributed by atoms with Gasteiger partial charge in [0.25, 0.3) is 0 Å². The molecule has 0 bridgehead atoms. The molecule has 0 N–H and O–H groups in total. The summed E-state index contributed by atoms with van der Waals surface area (Å²) < 4.78 is 0. The molecule has 0 aromatic heterocycles. The molecule has 11 aliphatic rings. The molecule has 0 atom stereocenters. The van der Waals surface area contributed by atoms with Crippen LogP contribution in [0.5, 0.6) is 0 Å². The number of fused-ring (bicyclic) bond motifs is 10. The van der Waals surface area contributed by atoms with Gasteiger partial charge in [0.15, 0.2) is 0 Å². The van der Waals surface area contributed by atoms with Crippen LogP contribution >= 0.6 is 0 Å². The van der Waals surface area contributed by atoms with Crippen molar-refractivity contribution in [1.82, 2.24) is 0 Å². The molecule has 1 aliphatic carbocycles. The Morgan fingerprint density at radius 2 is 0.789 bits per heavy atom. The van der Waals surface area contributed by atoms with Crippen molar-refractivity contribution in [2.45, 2.75) is 86.7 Å². The van der Waals surface area contributed by atoms with Gasteiger partial charge < -0.3 is 0 Å². The van der Waals surface area contributed by atoms with Crippen molar-refractivity contribution in [3.63, 3.8) is 0 Å². The van der Waals surface area contributed by atoms with Crippen LogP contribution in [0, 0.1) is 11.8 Å². The second-order valence-corrected chi connectivity index (χ2v) is 35.8. The van der Waals surface area contributed by atoms with Crippen LogP contribution in [0.2, 0.25) is 48.2 Å². The summed E-state index contributed by atoms with van der Waals surface area (Å²) >= 11 is 0. The fourth-order valence-electron chi connectivity index (χ4n) is 16.8. The van der Waals surface area contributed by atoms with Gasteiger partial charge in [0, 0.05) is 12.8 Å². The van der Waals surface area contributed by atoms with E-state index in [4.69, 9.17) is 0 Å². The van der Waals surface area contributed by atoms with E-state index in [1.165, 1.54) is 25.7 Å². The van der Waals surface area contributed by atoms with Gasteiger partial charge in [0.05, 0.1) is 0 Å². The van der Waals surface area contributed by atoms with Gasteiger partial charge in [0.1, 0.15) is 0 Å². The molecule has 0 radical (unpaired) electrons. The molecule has 10 fully saturated rings. The first-order chi connectivity index (χ1) is 9.16. The number of hydrogen-bond donors (Lipinski definition) is 0. The Balaban J connectivity index is 0.0000000821. The summed E-state index contributed by atoms with van der Waals surface area (Å²) in [5.74, 6) is 6.27. The molecular formula is C18H22Fe. The van der Waals surface area contributed by atoms with Crippen LogP contribution in [0.1, 0.15) is 38.5 Å². The zero-order valence-corrected chi connectivity index (χ0v) is 12.5. The van der Waals surface area contributed by atoms with Gasteiger partial charge in [-0.2, -0.15) is 0 Å². The van der Waals surface area contributed by atoms with Gasteiger partial charge in [-0.15, -0.1) is 11.8 Å². The molecule has 102 valence electrons. The summed E-state index contributed by atoms with van der Waals surface area (Å²) in [5, 5.41) is 0. The molecule has 19 heavy (non-hydrogen) atoms. The maximum absolute atomic E-state index is 3.14. The fourth-order valence-corrected chi connectivity index (χ4v) is 89.0. The van der Waals surface area contributed by atoms with Crippen molar-refractivity contribution < 1.29 is 6.51 Å². The second-order valence-electron chi connectivity index (χ2n) is 11.9. The molecule has 0 amide bonds. The Hall–Kier alpha value is 0.0795. The Morgan fingerprint density at radius 3 is 1.00 bits per heavy atom. The fraction of sp³-hybridized carbons (Fsp3) is 0.889. The first-order valence-corrected chi connectivity index (χ1v) is 15.2. The van der Waals surface area contributed by atoms with Gasteiger partial charge >= 0.3 is 54.7 Å². The topological polar surface area (TPSA) is 0 Å². The van der Waals surface area contributed by atoms with Crippen LogP contribution in [0.3, 0.4) is 0 Å². The maximum atomic E-state index is 3.14. The average Bonchev–Trinajstić information content (AvgIpc) is 3.33. The third-order valence-electron chi connectivity index (χ3n) is 16.0. The molecule has 10 saturated heterocycles. The van der Waals surface area contributed by atoms with Gasteiger partial charge in [-0.25, -0.2) is 0 Å². The van der Waals surface area contributed by atoms with Crippen LogP contribution in [0.25, 0.3) is 0 Å². The SMILES string of the molecule is C1#CCCCCCC1.[CH]12[CH]3[CH]4[CH]5[CH]1[Fe]23451678[CH]2[CH]1[CH]6[CH]7[CH]28. The van der Waals surface area contributed by atoms with E-state index >= 15 is 0 Å². The monoisotopic (exact) mass is 294 g/mol. The standard InChI is InChI=1S/C8H12.2C5H5.Fe/c1-2-4-6-8-7-5-3-1;2*1-2-4-5-3-1;/h1-6H2;2*1-5H;. The summed E-state index contributed by atoms with van der Waals surface area (Å²) in [6.45, 7) is -2.28. The Morgan fingerprint density at radius 1 is 0.474 bits per heavy atom. The van der Waals surface area contributed by atoms with Crippen LogP contribution in [0.15, 0.2) is 0 Å². The molecule has 1 spiro atoms. The zero-order valence-electron chi connectivity index (χ0n) is 11.4. The quantitative estimate of drug-likeness (QED) is 0.396. The van der Waals surface area contributed by atoms with Crippen molar-refractivity contribution >= 4 is 0 Å². The van der Waals surface area contributed by atoms with E-state index in [2.05, 4.69) is 11.8 Å². The van der Waals surface area contributed by atoms with Crippen LogP contribution in [0.4, 0.5) is 0 Å². The van der Waals surface area contributed by atoms with Gasteiger partial charge in [0.2, 0.25) is 0 Å². The molecule has 0 saturated carbocycles. The molecule has 0 unspecified atom stereocenters. The van der Waals surface area contributed by atoms with Crippen LogP contribution in [-0.4, -0.2) is 0 Å². The second kappa shape index (κ2) is 0.764. The predicted octanol–water partition coefficient (Wildman–Crippen LogP) is 5.72. The van der Waals surface area contributed by atoms with E-state index in [1.54, 1.807) is 48.2 Å². The summed E-state index contributed by atoms with van der Waals surface area (Å²) in [4.78, 5) is 15.9. The van der Waals surface area contributed by atoms with Crippen molar-refractivity contribution in [3.8, 4) is 11.8 Å². The Kier molecular flexibility index (Phi) is 0.318. The van der Waals surface area contributed by atoms with E-state index < -0.39 is 6.51 Å². The summed E-state index contributed by atoms with van der Waals surface area (Å²) in [6, 6.07) is 0. The summed E-state index contributed by atoms with van der Waals surface area (Å²) in [7, 11) is 0. The van der Waals surface area contributed by atoms with Crippen LogP contribution in [-0.2, 0) is 6.51 Å². The molecule has 0 nitrogen and oxygen atoms in total. The third kappa shape index (κ3) is 0.108. The first kappa shape index (κ1) is 7.91. The molecule has 0 aromatic carbocycles. The third-order valence-corrected chi connectivity index (χ3v) is 57.9. The van der Waals surface area contributed by atoms with Crippen molar-refractivity contribution in [2.24, 2.45) is 0 Å². The van der Waals surface area contributed by atoms with Crippen molar-refractivity contribution in [3.05, 3.63) is 0 Å². The van der Waals surface area contributed by atoms with E-state index in [9.17, 15) is 0 Å². The van der Waals surface area contributed by atoms with Gasteiger partial charge in [-0.05, 0) is 12.8 Å². The first-order valence-electron chi connectivity index (χ1n) is 8.83. The predicted molar refractivity (Wildman–Crippen MR) is 73.0 cm³/mol. The Bertz CT molecular complexity index is 781. The van der Waals surface area contributed by atoms with Gasteiger partial charge in [-0.3, -0.25) is 0 Å². The van der Waals surface area contributed by atoms with E-state index in [-0.39, 0.29) is 0 Å². The molecular weight excluding hydrogens is 272 g/mol. The minimum atomic E-state index is -2.28. The molecule has 11 rings (SSSR count). The minimum absolute atomic E-state index is 1.14. The number of hydrogen-bond acceptors (Lipinski definition) is 0. The van der Waals surface area contributed by atoms with E-state index in [0.717, 1.165) is 12.8 Å². The molecule has 0 aromatic rings. The zero-order chi connectivity index (χ0) is 11.7. The number of rotatable bonds is 0. The average molecular weight is 294 g/mol. The van der Waals surface area contributed by atoms with Crippen LogP contribution < -0.4 is 0 Å². The van der Waals surface area contributed by atoms with Crippen molar-refractivity contribution in [2.75, 3.05) is 0 Å². The van der Waals surface area contributed by atoms with E-state index in [1.807, 2.05) is 0 Å². The van der Waals surface area contributed by atoms with E-state index in [0.29, 0.717) is 0 Å². The normalized spacial score (nSPS) is 107. The Labute approximate surface area is 105 Å². The summed E-state index contributed by atoms with van der Waals surface area (Å²) in [5.41, 5.74) is 0. The molecule has 10 aliphatic heterocycles. The van der Waals surface area contributed by atoms with Crippen molar-refractivity contribution in [1.29, 1.82) is 0 Å². The summed E-state index contributed by atoms with van der Waals surface area (Å²) in [6.07, 6.45) is 7.73.